The molecule has 166 valence electrons. The molecule has 2 fully saturated rings. The number of carbonyl (C=O) groups excluding carboxylic acids is 3. The summed E-state index contributed by atoms with van der Waals surface area (Å²) in [4.78, 5) is 45.1. The summed E-state index contributed by atoms with van der Waals surface area (Å²) in [7, 11) is 0. The smallest absolute Gasteiger partial charge is 0.256 e. The summed E-state index contributed by atoms with van der Waals surface area (Å²) in [5.41, 5.74) is 2.79. The fraction of sp³-hybridized carbons (Fsp3) is 0.423. The lowest BCUT2D eigenvalue weighted by Crippen LogP contribution is -2.44. The molecule has 3 aliphatic heterocycles. The van der Waals surface area contributed by atoms with Crippen LogP contribution in [-0.2, 0) is 11.3 Å². The zero-order chi connectivity index (χ0) is 22.1. The maximum Gasteiger partial charge on any atom is 0.256 e. The highest BCUT2D eigenvalue weighted by molar-refractivity contribution is 6.11. The maximum atomic E-state index is 13.5. The van der Waals surface area contributed by atoms with Crippen LogP contribution >= 0.6 is 0 Å². The van der Waals surface area contributed by atoms with Crippen LogP contribution in [0.5, 0.6) is 0 Å². The molecule has 3 heterocycles. The summed E-state index contributed by atoms with van der Waals surface area (Å²) in [6.45, 7) is 2.58. The first-order valence-electron chi connectivity index (χ1n) is 11.7. The third kappa shape index (κ3) is 3.78. The molecule has 1 atom stereocenters. The van der Waals surface area contributed by atoms with Gasteiger partial charge in [-0.2, -0.15) is 0 Å². The first kappa shape index (κ1) is 20.7. The van der Waals surface area contributed by atoms with E-state index < -0.39 is 6.04 Å². The normalized spacial score (nSPS) is 21.1. The monoisotopic (exact) mass is 431 g/mol. The molecule has 0 aliphatic carbocycles. The van der Waals surface area contributed by atoms with Gasteiger partial charge in [0.05, 0.1) is 17.8 Å². The molecule has 3 aliphatic rings. The predicted octanol–water partition coefficient (Wildman–Crippen LogP) is 3.85. The molecule has 2 aromatic rings. The maximum absolute atomic E-state index is 13.5. The van der Waals surface area contributed by atoms with Gasteiger partial charge in [-0.25, -0.2) is 0 Å². The number of hydrogen-bond donors (Lipinski definition) is 0. The van der Waals surface area contributed by atoms with E-state index in [1.807, 2.05) is 47.4 Å². The van der Waals surface area contributed by atoms with Crippen molar-refractivity contribution >= 4 is 23.4 Å². The predicted molar refractivity (Wildman–Crippen MR) is 123 cm³/mol. The second kappa shape index (κ2) is 8.77. The number of likely N-dealkylation sites (tertiary alicyclic amines) is 1. The van der Waals surface area contributed by atoms with Crippen molar-refractivity contribution < 1.29 is 14.4 Å². The molecule has 0 saturated carbocycles. The molecule has 0 aromatic heterocycles. The minimum Gasteiger partial charge on any atom is -0.339 e. The molecule has 6 heteroatoms. The average molecular weight is 432 g/mol. The molecule has 3 amide bonds. The third-order valence-electron chi connectivity index (χ3n) is 6.90. The number of nitrogens with zero attached hydrogens (tertiary/aromatic N) is 3. The summed E-state index contributed by atoms with van der Waals surface area (Å²) >= 11 is 0. The highest BCUT2D eigenvalue weighted by Crippen LogP contribution is 2.33. The Balaban J connectivity index is 1.44. The SMILES string of the molecule is O=C(c1cccc(CN2C(=O)[C@@H]3CCCN3C(=O)c3ccccc32)c1)N1CCCCCC1. The largest absolute Gasteiger partial charge is 0.339 e. The van der Waals surface area contributed by atoms with Gasteiger partial charge in [0.1, 0.15) is 6.04 Å². The highest BCUT2D eigenvalue weighted by Gasteiger charge is 2.41. The van der Waals surface area contributed by atoms with Crippen molar-refractivity contribution in [3.63, 3.8) is 0 Å². The summed E-state index contributed by atoms with van der Waals surface area (Å²) in [5.74, 6) is -0.0393. The molecule has 32 heavy (non-hydrogen) atoms. The zero-order valence-corrected chi connectivity index (χ0v) is 18.3. The Hall–Kier alpha value is -3.15. The Morgan fingerprint density at radius 2 is 1.66 bits per heavy atom. The van der Waals surface area contributed by atoms with Gasteiger partial charge in [0, 0.05) is 25.2 Å². The van der Waals surface area contributed by atoms with Crippen molar-refractivity contribution in [1.82, 2.24) is 9.80 Å². The molecular formula is C26H29N3O3. The number of hydrogen-bond acceptors (Lipinski definition) is 3. The van der Waals surface area contributed by atoms with E-state index in [0.29, 0.717) is 36.3 Å². The highest BCUT2D eigenvalue weighted by atomic mass is 16.2. The first-order chi connectivity index (χ1) is 15.6. The lowest BCUT2D eigenvalue weighted by Gasteiger charge is -2.26. The van der Waals surface area contributed by atoms with Crippen LogP contribution in [0.15, 0.2) is 48.5 Å². The van der Waals surface area contributed by atoms with Gasteiger partial charge in [-0.1, -0.05) is 37.1 Å². The van der Waals surface area contributed by atoms with Crippen LogP contribution in [0.2, 0.25) is 0 Å². The number of rotatable bonds is 3. The van der Waals surface area contributed by atoms with E-state index in [9.17, 15) is 14.4 Å². The van der Waals surface area contributed by atoms with Crippen LogP contribution in [0.1, 0.15) is 64.8 Å². The van der Waals surface area contributed by atoms with Crippen molar-refractivity contribution in [2.45, 2.75) is 51.1 Å². The summed E-state index contributed by atoms with van der Waals surface area (Å²) in [5, 5.41) is 0. The van der Waals surface area contributed by atoms with Crippen molar-refractivity contribution in [3.8, 4) is 0 Å². The Kier molecular flexibility index (Phi) is 5.68. The van der Waals surface area contributed by atoms with E-state index in [1.165, 1.54) is 12.8 Å². The molecule has 5 rings (SSSR count). The molecule has 6 nitrogen and oxygen atoms in total. The lowest BCUT2D eigenvalue weighted by molar-refractivity contribution is -0.122. The minimum atomic E-state index is -0.406. The van der Waals surface area contributed by atoms with Crippen molar-refractivity contribution in [1.29, 1.82) is 0 Å². The van der Waals surface area contributed by atoms with E-state index in [0.717, 1.165) is 37.9 Å². The standard InChI is InChI=1S/C26H29N3O3/c30-24(27-14-5-1-2-6-15-27)20-10-7-9-19(17-20)18-29-22-12-4-3-11-21(22)25(31)28-16-8-13-23(28)26(29)32/h3-4,7,9-12,17,23H,1-2,5-6,8,13-16,18H2/t23-/m0/s1. The van der Waals surface area contributed by atoms with Crippen molar-refractivity contribution in [2.24, 2.45) is 0 Å². The van der Waals surface area contributed by atoms with E-state index in [-0.39, 0.29) is 17.7 Å². The Labute approximate surface area is 188 Å². The van der Waals surface area contributed by atoms with Crippen LogP contribution in [0.3, 0.4) is 0 Å². The Morgan fingerprint density at radius 1 is 0.875 bits per heavy atom. The zero-order valence-electron chi connectivity index (χ0n) is 18.3. The number of para-hydroxylation sites is 1. The number of anilines is 1. The minimum absolute atomic E-state index is 0.0370. The Morgan fingerprint density at radius 3 is 2.47 bits per heavy atom. The number of amides is 3. The first-order valence-corrected chi connectivity index (χ1v) is 11.7. The number of carbonyl (C=O) groups is 3. The summed E-state index contributed by atoms with van der Waals surface area (Å²) in [6, 6.07) is 14.6. The number of fused-ring (bicyclic) bond motifs is 2. The van der Waals surface area contributed by atoms with Crippen LogP contribution < -0.4 is 4.90 Å². The van der Waals surface area contributed by atoms with Gasteiger partial charge in [0.25, 0.3) is 11.8 Å². The van der Waals surface area contributed by atoms with Crippen LogP contribution in [0, 0.1) is 0 Å². The Bertz CT molecular complexity index is 1040. The van der Waals surface area contributed by atoms with Crippen LogP contribution in [-0.4, -0.2) is 53.2 Å². The fourth-order valence-corrected chi connectivity index (χ4v) is 5.21. The van der Waals surface area contributed by atoms with Crippen molar-refractivity contribution in [3.05, 3.63) is 65.2 Å². The van der Waals surface area contributed by atoms with Crippen LogP contribution in [0.25, 0.3) is 0 Å². The molecule has 2 saturated heterocycles. The van der Waals surface area contributed by atoms with Crippen LogP contribution in [0.4, 0.5) is 5.69 Å². The average Bonchev–Trinajstić information content (AvgIpc) is 3.13. The lowest BCUT2D eigenvalue weighted by atomic mass is 10.1. The van der Waals surface area contributed by atoms with Gasteiger partial charge in [-0.3, -0.25) is 14.4 Å². The van der Waals surface area contributed by atoms with Gasteiger partial charge < -0.3 is 14.7 Å². The van der Waals surface area contributed by atoms with E-state index in [4.69, 9.17) is 0 Å². The van der Waals surface area contributed by atoms with E-state index in [2.05, 4.69) is 0 Å². The molecule has 0 unspecified atom stereocenters. The molecule has 0 N–H and O–H groups in total. The fourth-order valence-electron chi connectivity index (χ4n) is 5.21. The van der Waals surface area contributed by atoms with Gasteiger partial charge >= 0.3 is 0 Å². The van der Waals surface area contributed by atoms with Gasteiger partial charge in [0.2, 0.25) is 5.91 Å². The van der Waals surface area contributed by atoms with Gasteiger partial charge in [-0.15, -0.1) is 0 Å². The number of benzene rings is 2. The summed E-state index contributed by atoms with van der Waals surface area (Å²) < 4.78 is 0. The quantitative estimate of drug-likeness (QED) is 0.742. The van der Waals surface area contributed by atoms with E-state index >= 15 is 0 Å². The summed E-state index contributed by atoms with van der Waals surface area (Å²) in [6.07, 6.45) is 6.00. The van der Waals surface area contributed by atoms with E-state index in [1.54, 1.807) is 15.9 Å². The molecule has 0 radical (unpaired) electrons. The second-order valence-corrected chi connectivity index (χ2v) is 9.00. The topological polar surface area (TPSA) is 60.9 Å². The second-order valence-electron chi connectivity index (χ2n) is 9.00. The molecule has 2 aromatic carbocycles. The third-order valence-corrected chi connectivity index (χ3v) is 6.90. The van der Waals surface area contributed by atoms with Gasteiger partial charge in [0.15, 0.2) is 0 Å². The molecular weight excluding hydrogens is 402 g/mol. The molecule has 0 spiro atoms. The molecule has 0 bridgehead atoms. The van der Waals surface area contributed by atoms with Crippen molar-refractivity contribution in [2.75, 3.05) is 24.5 Å². The van der Waals surface area contributed by atoms with Gasteiger partial charge in [-0.05, 0) is 55.5 Å².